The first-order valence-electron chi connectivity index (χ1n) is 6.94. The Morgan fingerprint density at radius 1 is 1.20 bits per heavy atom. The van der Waals surface area contributed by atoms with Crippen LogP contribution in [0.25, 0.3) is 0 Å². The van der Waals surface area contributed by atoms with Crippen LogP contribution in [0.4, 0.5) is 8.78 Å². The number of hydrogen-bond donors (Lipinski definition) is 1. The summed E-state index contributed by atoms with van der Waals surface area (Å²) in [4.78, 5) is 12.0. The molecule has 0 radical (unpaired) electrons. The van der Waals surface area contributed by atoms with Crippen LogP contribution in [-0.2, 0) is 0 Å². The second-order valence-corrected chi connectivity index (χ2v) is 6.23. The van der Waals surface area contributed by atoms with Crippen LogP contribution in [0.2, 0.25) is 0 Å². The molecule has 4 heteroatoms. The van der Waals surface area contributed by atoms with Gasteiger partial charge in [-0.2, -0.15) is 0 Å². The average Bonchev–Trinajstić information content (AvgIpc) is 2.36. The van der Waals surface area contributed by atoms with Crippen LogP contribution >= 0.6 is 0 Å². The van der Waals surface area contributed by atoms with E-state index in [1.165, 1.54) is 6.07 Å². The molecule has 0 spiro atoms. The molecule has 0 aliphatic rings. The Morgan fingerprint density at radius 2 is 1.85 bits per heavy atom. The second-order valence-electron chi connectivity index (χ2n) is 6.23. The Hall–Kier alpha value is -1.29. The highest BCUT2D eigenvalue weighted by atomic mass is 19.2. The molecule has 0 saturated carbocycles. The Labute approximate surface area is 119 Å². The van der Waals surface area contributed by atoms with Crippen LogP contribution in [0.15, 0.2) is 18.2 Å². The Bertz CT molecular complexity index is 466. The van der Waals surface area contributed by atoms with Crippen molar-refractivity contribution in [3.05, 3.63) is 35.4 Å². The van der Waals surface area contributed by atoms with Gasteiger partial charge in [0.15, 0.2) is 17.4 Å². The molecule has 1 aromatic carbocycles. The second kappa shape index (κ2) is 6.93. The Morgan fingerprint density at radius 3 is 2.35 bits per heavy atom. The lowest BCUT2D eigenvalue weighted by molar-refractivity contribution is 0.0957. The molecule has 0 aromatic heterocycles. The zero-order valence-electron chi connectivity index (χ0n) is 12.4. The summed E-state index contributed by atoms with van der Waals surface area (Å²) in [6.07, 6.45) is 1.89. The van der Waals surface area contributed by atoms with Crippen molar-refractivity contribution in [3.8, 4) is 0 Å². The molecule has 1 unspecified atom stereocenters. The van der Waals surface area contributed by atoms with Crippen LogP contribution in [0.5, 0.6) is 0 Å². The molecule has 1 aromatic rings. The van der Waals surface area contributed by atoms with Crippen LogP contribution in [-0.4, -0.2) is 12.3 Å². The first kappa shape index (κ1) is 16.8. The predicted molar refractivity (Wildman–Crippen MR) is 76.5 cm³/mol. The predicted octanol–water partition coefficient (Wildman–Crippen LogP) is 3.94. The van der Waals surface area contributed by atoms with Crippen molar-refractivity contribution in [1.82, 2.24) is 0 Å². The summed E-state index contributed by atoms with van der Waals surface area (Å²) >= 11 is 0. The van der Waals surface area contributed by atoms with Crippen molar-refractivity contribution >= 4 is 5.78 Å². The van der Waals surface area contributed by atoms with E-state index < -0.39 is 11.6 Å². The molecule has 0 heterocycles. The molecule has 1 rings (SSSR count). The van der Waals surface area contributed by atoms with Crippen molar-refractivity contribution in [2.75, 3.05) is 6.54 Å². The summed E-state index contributed by atoms with van der Waals surface area (Å²) in [5.41, 5.74) is 5.91. The molecular weight excluding hydrogens is 260 g/mol. The van der Waals surface area contributed by atoms with E-state index in [1.807, 2.05) is 0 Å². The molecule has 2 N–H and O–H groups in total. The van der Waals surface area contributed by atoms with Gasteiger partial charge in [0.25, 0.3) is 0 Å². The third-order valence-electron chi connectivity index (χ3n) is 3.70. The van der Waals surface area contributed by atoms with Crippen molar-refractivity contribution in [1.29, 1.82) is 0 Å². The van der Waals surface area contributed by atoms with E-state index in [0.717, 1.165) is 18.6 Å². The molecule has 1 atom stereocenters. The highest BCUT2D eigenvalue weighted by molar-refractivity contribution is 5.96. The number of nitrogens with two attached hydrogens (primary N) is 1. The quantitative estimate of drug-likeness (QED) is 0.804. The molecule has 0 amide bonds. The monoisotopic (exact) mass is 283 g/mol. The summed E-state index contributed by atoms with van der Waals surface area (Å²) in [6, 6.07) is 3.28. The largest absolute Gasteiger partial charge is 0.330 e. The zero-order valence-corrected chi connectivity index (χ0v) is 12.4. The molecule has 0 aliphatic carbocycles. The molecule has 0 fully saturated rings. The van der Waals surface area contributed by atoms with Crippen LogP contribution in [0.3, 0.4) is 0 Å². The Kier molecular flexibility index (Phi) is 5.81. The zero-order chi connectivity index (χ0) is 15.3. The van der Waals surface area contributed by atoms with Gasteiger partial charge >= 0.3 is 0 Å². The van der Waals surface area contributed by atoms with E-state index in [4.69, 9.17) is 5.73 Å². The maximum atomic E-state index is 13.1. The minimum absolute atomic E-state index is 0.0771. The molecule has 2 nitrogen and oxygen atoms in total. The van der Waals surface area contributed by atoms with Crippen molar-refractivity contribution in [2.45, 2.75) is 40.0 Å². The number of rotatable bonds is 6. The maximum absolute atomic E-state index is 13.1. The number of hydrogen-bond acceptors (Lipinski definition) is 2. The van der Waals surface area contributed by atoms with Gasteiger partial charge in [-0.3, -0.25) is 4.79 Å². The fourth-order valence-corrected chi connectivity index (χ4v) is 2.33. The van der Waals surface area contributed by atoms with Gasteiger partial charge in [0, 0.05) is 12.0 Å². The highest BCUT2D eigenvalue weighted by Gasteiger charge is 2.24. The van der Waals surface area contributed by atoms with Crippen LogP contribution in [0.1, 0.15) is 50.4 Å². The maximum Gasteiger partial charge on any atom is 0.162 e. The molecule has 112 valence electrons. The number of benzene rings is 1. The smallest absolute Gasteiger partial charge is 0.162 e. The summed E-state index contributed by atoms with van der Waals surface area (Å²) < 4.78 is 25.9. The van der Waals surface area contributed by atoms with Gasteiger partial charge < -0.3 is 5.73 Å². The van der Waals surface area contributed by atoms with Gasteiger partial charge in [0.1, 0.15) is 0 Å². The standard InChI is InChI=1S/C16H23F2NO/c1-16(2,3)12(8-9-19)5-7-15(20)11-4-6-13(17)14(18)10-11/h4,6,10,12H,5,7-9,19H2,1-3H3. The van der Waals surface area contributed by atoms with Gasteiger partial charge in [-0.25, -0.2) is 8.78 Å². The first-order valence-corrected chi connectivity index (χ1v) is 6.94. The fraction of sp³-hybridized carbons (Fsp3) is 0.562. The molecule has 20 heavy (non-hydrogen) atoms. The normalized spacial score (nSPS) is 13.3. The molecule has 0 saturated heterocycles. The average molecular weight is 283 g/mol. The summed E-state index contributed by atoms with van der Waals surface area (Å²) in [5, 5.41) is 0. The van der Waals surface area contributed by atoms with E-state index in [9.17, 15) is 13.6 Å². The number of halogens is 2. The SMILES string of the molecule is CC(C)(C)C(CCN)CCC(=O)c1ccc(F)c(F)c1. The lowest BCUT2D eigenvalue weighted by Gasteiger charge is -2.30. The van der Waals surface area contributed by atoms with Gasteiger partial charge in [-0.15, -0.1) is 0 Å². The first-order chi connectivity index (χ1) is 9.25. The van der Waals surface area contributed by atoms with Gasteiger partial charge in [-0.1, -0.05) is 20.8 Å². The van der Waals surface area contributed by atoms with Crippen molar-refractivity contribution in [2.24, 2.45) is 17.1 Å². The Balaban J connectivity index is 2.68. The number of ketones is 1. The van der Waals surface area contributed by atoms with Crippen molar-refractivity contribution < 1.29 is 13.6 Å². The summed E-state index contributed by atoms with van der Waals surface area (Å²) in [6.45, 7) is 6.95. The van der Waals surface area contributed by atoms with Crippen LogP contribution < -0.4 is 5.73 Å². The van der Waals surface area contributed by atoms with Gasteiger partial charge in [0.2, 0.25) is 0 Å². The third-order valence-corrected chi connectivity index (χ3v) is 3.70. The number of carbonyl (C=O) groups is 1. The van der Waals surface area contributed by atoms with Gasteiger partial charge in [0.05, 0.1) is 0 Å². The topological polar surface area (TPSA) is 43.1 Å². The number of Topliss-reactive ketones (excluding diaryl/α,β-unsaturated/α-hetero) is 1. The van der Waals surface area contributed by atoms with Crippen LogP contribution in [0, 0.1) is 23.0 Å². The minimum Gasteiger partial charge on any atom is -0.330 e. The van der Waals surface area contributed by atoms with E-state index in [0.29, 0.717) is 25.3 Å². The summed E-state index contributed by atoms with van der Waals surface area (Å²) in [5.74, 6) is -1.74. The minimum atomic E-state index is -0.981. The van der Waals surface area contributed by atoms with E-state index in [-0.39, 0.29) is 16.8 Å². The molecule has 0 aliphatic heterocycles. The third kappa shape index (κ3) is 4.67. The fourth-order valence-electron chi connectivity index (χ4n) is 2.33. The van der Waals surface area contributed by atoms with E-state index >= 15 is 0 Å². The highest BCUT2D eigenvalue weighted by Crippen LogP contribution is 2.32. The van der Waals surface area contributed by atoms with Gasteiger partial charge in [-0.05, 0) is 48.9 Å². The van der Waals surface area contributed by atoms with E-state index in [2.05, 4.69) is 20.8 Å². The molecule has 0 bridgehead atoms. The molecular formula is C16H23F2NO. The lowest BCUT2D eigenvalue weighted by atomic mass is 9.76. The lowest BCUT2D eigenvalue weighted by Crippen LogP contribution is -2.24. The van der Waals surface area contributed by atoms with E-state index in [1.54, 1.807) is 0 Å². The summed E-state index contributed by atoms with van der Waals surface area (Å²) in [7, 11) is 0. The number of carbonyl (C=O) groups excluding carboxylic acids is 1. The van der Waals surface area contributed by atoms with Crippen molar-refractivity contribution in [3.63, 3.8) is 0 Å².